The molecule has 0 fully saturated rings. The molecule has 1 rings (SSSR count). The van der Waals surface area contributed by atoms with E-state index in [1.807, 2.05) is 24.0 Å². The largest absolute Gasteiger partial charge is 0.315 e. The molecule has 3 nitrogen and oxygen atoms in total. The Morgan fingerprint density at radius 1 is 1.57 bits per heavy atom. The Bertz CT molecular complexity index is 296. The Hall–Kier alpha value is -1.27. The predicted octanol–water partition coefficient (Wildman–Crippen LogP) is 1.19. The summed E-state index contributed by atoms with van der Waals surface area (Å²) in [4.78, 5) is 0. The van der Waals surface area contributed by atoms with Gasteiger partial charge in [0.2, 0.25) is 0 Å². The van der Waals surface area contributed by atoms with Crippen LogP contribution in [0.4, 0.5) is 0 Å². The SMILES string of the molecule is C#CCCCNCCn1cc(C)cn1. The van der Waals surface area contributed by atoms with Gasteiger partial charge in [-0.15, -0.1) is 12.3 Å². The number of terminal acetylenes is 1. The van der Waals surface area contributed by atoms with Gasteiger partial charge in [0.15, 0.2) is 0 Å². The van der Waals surface area contributed by atoms with Crippen LogP contribution in [0.5, 0.6) is 0 Å². The Morgan fingerprint density at radius 2 is 2.43 bits per heavy atom. The van der Waals surface area contributed by atoms with Gasteiger partial charge in [-0.2, -0.15) is 5.10 Å². The van der Waals surface area contributed by atoms with E-state index in [2.05, 4.69) is 16.3 Å². The van der Waals surface area contributed by atoms with Gasteiger partial charge < -0.3 is 5.32 Å². The highest BCUT2D eigenvalue weighted by molar-refractivity contribution is 4.99. The molecule has 1 heterocycles. The van der Waals surface area contributed by atoms with E-state index in [0.29, 0.717) is 0 Å². The number of unbranched alkanes of at least 4 members (excludes halogenated alkanes) is 1. The molecule has 0 atom stereocenters. The van der Waals surface area contributed by atoms with Crippen LogP contribution in [-0.2, 0) is 6.54 Å². The van der Waals surface area contributed by atoms with E-state index in [0.717, 1.165) is 32.5 Å². The maximum Gasteiger partial charge on any atom is 0.0534 e. The van der Waals surface area contributed by atoms with E-state index < -0.39 is 0 Å². The zero-order chi connectivity index (χ0) is 10.2. The van der Waals surface area contributed by atoms with Crippen LogP contribution in [0, 0.1) is 19.3 Å². The fourth-order valence-corrected chi connectivity index (χ4v) is 1.22. The van der Waals surface area contributed by atoms with Crippen molar-refractivity contribution in [1.29, 1.82) is 0 Å². The van der Waals surface area contributed by atoms with Crippen molar-refractivity contribution in [1.82, 2.24) is 15.1 Å². The van der Waals surface area contributed by atoms with E-state index in [1.54, 1.807) is 0 Å². The highest BCUT2D eigenvalue weighted by Gasteiger charge is 1.92. The molecule has 0 aliphatic rings. The van der Waals surface area contributed by atoms with Crippen molar-refractivity contribution in [2.24, 2.45) is 0 Å². The lowest BCUT2D eigenvalue weighted by Gasteiger charge is -2.03. The second-order valence-electron chi connectivity index (χ2n) is 3.34. The molecule has 0 unspecified atom stereocenters. The maximum atomic E-state index is 5.15. The molecule has 0 saturated heterocycles. The summed E-state index contributed by atoms with van der Waals surface area (Å²) < 4.78 is 1.95. The summed E-state index contributed by atoms with van der Waals surface area (Å²) in [6.07, 6.45) is 11.0. The van der Waals surface area contributed by atoms with Crippen molar-refractivity contribution in [2.75, 3.05) is 13.1 Å². The Labute approximate surface area is 85.5 Å². The first-order valence-corrected chi connectivity index (χ1v) is 4.96. The van der Waals surface area contributed by atoms with Crippen molar-refractivity contribution in [2.45, 2.75) is 26.3 Å². The minimum atomic E-state index is 0.855. The normalized spacial score (nSPS) is 10.0. The summed E-state index contributed by atoms with van der Waals surface area (Å²) in [5, 5.41) is 7.52. The molecule has 1 aromatic rings. The lowest BCUT2D eigenvalue weighted by atomic mass is 10.3. The monoisotopic (exact) mass is 191 g/mol. The Balaban J connectivity index is 2.02. The van der Waals surface area contributed by atoms with Gasteiger partial charge in [0, 0.05) is 19.2 Å². The first kappa shape index (κ1) is 10.8. The molecular weight excluding hydrogens is 174 g/mol. The molecule has 1 N–H and O–H groups in total. The van der Waals surface area contributed by atoms with Crippen LogP contribution in [0.3, 0.4) is 0 Å². The third-order valence-electron chi connectivity index (χ3n) is 1.95. The second kappa shape index (κ2) is 6.22. The summed E-state index contributed by atoms with van der Waals surface area (Å²) in [7, 11) is 0. The fourth-order valence-electron chi connectivity index (χ4n) is 1.22. The van der Waals surface area contributed by atoms with Crippen LogP contribution in [0.2, 0.25) is 0 Å². The summed E-state index contributed by atoms with van der Waals surface area (Å²) in [6.45, 7) is 4.91. The number of nitrogens with one attached hydrogen (secondary N) is 1. The Kier molecular flexibility index (Phi) is 4.81. The highest BCUT2D eigenvalue weighted by atomic mass is 15.3. The average molecular weight is 191 g/mol. The topological polar surface area (TPSA) is 29.9 Å². The molecule has 0 saturated carbocycles. The van der Waals surface area contributed by atoms with Gasteiger partial charge in [-0.1, -0.05) is 0 Å². The smallest absolute Gasteiger partial charge is 0.0534 e. The van der Waals surface area contributed by atoms with Crippen LogP contribution in [0.25, 0.3) is 0 Å². The Morgan fingerprint density at radius 3 is 3.07 bits per heavy atom. The first-order chi connectivity index (χ1) is 6.83. The molecule has 0 aliphatic heterocycles. The lowest BCUT2D eigenvalue weighted by Crippen LogP contribution is -2.21. The van der Waals surface area contributed by atoms with E-state index in [1.165, 1.54) is 5.56 Å². The molecule has 0 amide bonds. The van der Waals surface area contributed by atoms with Gasteiger partial charge in [-0.25, -0.2) is 0 Å². The summed E-state index contributed by atoms with van der Waals surface area (Å²) in [5.74, 6) is 2.62. The van der Waals surface area contributed by atoms with Crippen LogP contribution in [-0.4, -0.2) is 22.9 Å². The zero-order valence-corrected chi connectivity index (χ0v) is 8.66. The molecule has 14 heavy (non-hydrogen) atoms. The first-order valence-electron chi connectivity index (χ1n) is 4.96. The molecule has 0 aliphatic carbocycles. The van der Waals surface area contributed by atoms with E-state index >= 15 is 0 Å². The van der Waals surface area contributed by atoms with Gasteiger partial charge in [0.25, 0.3) is 0 Å². The van der Waals surface area contributed by atoms with Crippen molar-refractivity contribution >= 4 is 0 Å². The standard InChI is InChI=1S/C11H17N3/c1-3-4-5-6-12-7-8-14-10-11(2)9-13-14/h1,9-10,12H,4-8H2,2H3. The van der Waals surface area contributed by atoms with Gasteiger partial charge in [-0.3, -0.25) is 4.68 Å². The number of hydrogen-bond acceptors (Lipinski definition) is 2. The number of hydrogen-bond donors (Lipinski definition) is 1. The summed E-state index contributed by atoms with van der Waals surface area (Å²) in [6, 6.07) is 0. The number of nitrogens with zero attached hydrogens (tertiary/aromatic N) is 2. The second-order valence-corrected chi connectivity index (χ2v) is 3.34. The maximum absolute atomic E-state index is 5.15. The fraction of sp³-hybridized carbons (Fsp3) is 0.545. The molecule has 76 valence electrons. The minimum Gasteiger partial charge on any atom is -0.315 e. The summed E-state index contributed by atoms with van der Waals surface area (Å²) >= 11 is 0. The third-order valence-corrected chi connectivity index (χ3v) is 1.95. The van der Waals surface area contributed by atoms with E-state index in [4.69, 9.17) is 6.42 Å². The number of rotatable bonds is 6. The molecule has 0 bridgehead atoms. The van der Waals surface area contributed by atoms with Crippen LogP contribution in [0.15, 0.2) is 12.4 Å². The van der Waals surface area contributed by atoms with Crippen molar-refractivity contribution in [3.05, 3.63) is 18.0 Å². The van der Waals surface area contributed by atoms with Crippen molar-refractivity contribution in [3.63, 3.8) is 0 Å². The molecule has 0 radical (unpaired) electrons. The third kappa shape index (κ3) is 4.11. The van der Waals surface area contributed by atoms with E-state index in [9.17, 15) is 0 Å². The average Bonchev–Trinajstić information content (AvgIpc) is 2.58. The number of aromatic nitrogens is 2. The summed E-state index contributed by atoms with van der Waals surface area (Å²) in [5.41, 5.74) is 1.21. The van der Waals surface area contributed by atoms with Crippen molar-refractivity contribution < 1.29 is 0 Å². The quantitative estimate of drug-likeness (QED) is 0.541. The molecule has 1 aromatic heterocycles. The van der Waals surface area contributed by atoms with Gasteiger partial charge in [0.1, 0.15) is 0 Å². The molecular formula is C11H17N3. The van der Waals surface area contributed by atoms with Crippen LogP contribution >= 0.6 is 0 Å². The molecule has 0 aromatic carbocycles. The van der Waals surface area contributed by atoms with Crippen LogP contribution < -0.4 is 5.32 Å². The molecule has 0 spiro atoms. The predicted molar refractivity (Wildman–Crippen MR) is 57.9 cm³/mol. The van der Waals surface area contributed by atoms with E-state index in [-0.39, 0.29) is 0 Å². The molecule has 3 heteroatoms. The van der Waals surface area contributed by atoms with Gasteiger partial charge in [-0.05, 0) is 25.5 Å². The van der Waals surface area contributed by atoms with Gasteiger partial charge >= 0.3 is 0 Å². The van der Waals surface area contributed by atoms with Crippen LogP contribution in [0.1, 0.15) is 18.4 Å². The minimum absolute atomic E-state index is 0.855. The highest BCUT2D eigenvalue weighted by Crippen LogP contribution is 1.92. The van der Waals surface area contributed by atoms with Crippen molar-refractivity contribution in [3.8, 4) is 12.3 Å². The van der Waals surface area contributed by atoms with Gasteiger partial charge in [0.05, 0.1) is 12.7 Å². The lowest BCUT2D eigenvalue weighted by molar-refractivity contribution is 0.549. The number of aryl methyl sites for hydroxylation is 1. The zero-order valence-electron chi connectivity index (χ0n) is 8.66.